The van der Waals surface area contributed by atoms with Crippen LogP contribution in [0.5, 0.6) is 0 Å². The normalized spacial score (nSPS) is 31.6. The number of aromatic nitrogens is 2. The maximum absolute atomic E-state index is 13.2. The Morgan fingerprint density at radius 2 is 1.81 bits per heavy atom. The number of benzene rings is 1. The van der Waals surface area contributed by atoms with Gasteiger partial charge >= 0.3 is 5.97 Å². The molecule has 5 rings (SSSR count). The Kier molecular flexibility index (Phi) is 5.82. The van der Waals surface area contributed by atoms with Gasteiger partial charge in [0.2, 0.25) is 5.69 Å². The largest absolute Gasteiger partial charge is 0.476 e. The van der Waals surface area contributed by atoms with Crippen molar-refractivity contribution in [2.24, 2.45) is 11.8 Å². The van der Waals surface area contributed by atoms with Crippen LogP contribution in [-0.2, 0) is 0 Å². The van der Waals surface area contributed by atoms with E-state index in [9.17, 15) is 14.7 Å². The summed E-state index contributed by atoms with van der Waals surface area (Å²) in [6.45, 7) is 4.79. The highest BCUT2D eigenvalue weighted by Gasteiger charge is 2.42. The second kappa shape index (κ2) is 8.62. The minimum Gasteiger partial charge on any atom is -0.476 e. The highest BCUT2D eigenvalue weighted by atomic mass is 16.4. The summed E-state index contributed by atoms with van der Waals surface area (Å²) in [6.07, 6.45) is 10.8. The van der Waals surface area contributed by atoms with Crippen molar-refractivity contribution in [1.82, 2.24) is 14.5 Å². The highest BCUT2D eigenvalue weighted by molar-refractivity contribution is 5.88. The standard InChI is InChI=1S/C26H35N3O3/c1-16-10-11-18(12-16)13-17(2)28-19-6-5-7-20(28)15-21(14-19)29-23-9-4-3-8-22(23)27-24(25(29)30)26(31)32/h3-4,8-9,16-21H,5-7,10-15H2,1-2H3,(H,31,32)/t16-,17-,18+,19-,20+,21?/m0/s1. The van der Waals surface area contributed by atoms with Crippen LogP contribution in [0.1, 0.15) is 88.2 Å². The Morgan fingerprint density at radius 3 is 2.47 bits per heavy atom. The van der Waals surface area contributed by atoms with Crippen LogP contribution in [0.3, 0.4) is 0 Å². The minimum absolute atomic E-state index is 0.0266. The molecule has 172 valence electrons. The van der Waals surface area contributed by atoms with Crippen molar-refractivity contribution in [3.05, 3.63) is 40.3 Å². The number of rotatable bonds is 5. The van der Waals surface area contributed by atoms with Gasteiger partial charge in [-0.3, -0.25) is 9.69 Å². The monoisotopic (exact) mass is 437 g/mol. The molecule has 1 N–H and O–H groups in total. The molecule has 3 aliphatic rings. The maximum Gasteiger partial charge on any atom is 0.360 e. The molecular formula is C26H35N3O3. The molecule has 2 saturated heterocycles. The number of hydrogen-bond acceptors (Lipinski definition) is 4. The third kappa shape index (κ3) is 3.87. The molecule has 2 aliphatic heterocycles. The van der Waals surface area contributed by atoms with Crippen molar-refractivity contribution in [3.8, 4) is 0 Å². The number of aromatic carboxylic acids is 1. The first kappa shape index (κ1) is 21.6. The van der Waals surface area contributed by atoms with Crippen LogP contribution in [0.4, 0.5) is 0 Å². The zero-order chi connectivity index (χ0) is 22.4. The Hall–Kier alpha value is -2.21. The van der Waals surface area contributed by atoms with Crippen LogP contribution < -0.4 is 5.56 Å². The molecule has 3 heterocycles. The SMILES string of the molecule is C[C@H]1CC[C@@H](C[C@H](C)N2[C@@H]3CCC[C@H]2CC(n2c(=O)c(C(=O)O)nc4ccccc42)C3)C1. The Bertz CT molecular complexity index is 1050. The second-order valence-electron chi connectivity index (χ2n) is 10.6. The molecule has 2 aromatic rings. The average molecular weight is 438 g/mol. The molecule has 1 aliphatic carbocycles. The van der Waals surface area contributed by atoms with Gasteiger partial charge in [0.15, 0.2) is 0 Å². The maximum atomic E-state index is 13.2. The summed E-state index contributed by atoms with van der Waals surface area (Å²) >= 11 is 0. The summed E-state index contributed by atoms with van der Waals surface area (Å²) in [5, 5.41) is 9.59. The summed E-state index contributed by atoms with van der Waals surface area (Å²) in [5.41, 5.74) is 0.522. The quantitative estimate of drug-likeness (QED) is 0.722. The van der Waals surface area contributed by atoms with E-state index in [1.165, 1.54) is 44.9 Å². The van der Waals surface area contributed by atoms with E-state index in [1.54, 1.807) is 10.6 Å². The van der Waals surface area contributed by atoms with Gasteiger partial charge in [-0.2, -0.15) is 0 Å². The van der Waals surface area contributed by atoms with Gasteiger partial charge in [0.05, 0.1) is 11.0 Å². The third-order valence-electron chi connectivity index (χ3n) is 8.36. The first-order chi connectivity index (χ1) is 15.4. The first-order valence-electron chi connectivity index (χ1n) is 12.4. The van der Waals surface area contributed by atoms with Gasteiger partial charge in [-0.15, -0.1) is 0 Å². The van der Waals surface area contributed by atoms with Crippen molar-refractivity contribution in [2.75, 3.05) is 0 Å². The predicted octanol–water partition coefficient (Wildman–Crippen LogP) is 4.87. The van der Waals surface area contributed by atoms with Gasteiger partial charge in [0.1, 0.15) is 0 Å². The lowest BCUT2D eigenvalue weighted by Crippen LogP contribution is -2.56. The molecule has 6 atom stereocenters. The molecule has 0 amide bonds. The van der Waals surface area contributed by atoms with Crippen LogP contribution in [-0.4, -0.2) is 43.7 Å². The number of fused-ring (bicyclic) bond motifs is 3. The third-order valence-corrected chi connectivity index (χ3v) is 8.36. The molecule has 1 aromatic carbocycles. The number of carbonyl (C=O) groups is 1. The van der Waals surface area contributed by atoms with E-state index in [-0.39, 0.29) is 11.7 Å². The summed E-state index contributed by atoms with van der Waals surface area (Å²) in [7, 11) is 0. The number of hydrogen-bond donors (Lipinski definition) is 1. The number of nitrogens with zero attached hydrogens (tertiary/aromatic N) is 3. The topological polar surface area (TPSA) is 75.4 Å². The van der Waals surface area contributed by atoms with E-state index < -0.39 is 11.5 Å². The van der Waals surface area contributed by atoms with Crippen LogP contribution in [0.15, 0.2) is 29.1 Å². The fourth-order valence-corrected chi connectivity index (χ4v) is 7.12. The Labute approximate surface area is 189 Å². The molecule has 0 radical (unpaired) electrons. The first-order valence-corrected chi connectivity index (χ1v) is 12.4. The molecule has 1 unspecified atom stereocenters. The molecule has 2 bridgehead atoms. The highest BCUT2D eigenvalue weighted by Crippen LogP contribution is 2.43. The molecule has 0 spiro atoms. The van der Waals surface area contributed by atoms with E-state index in [0.717, 1.165) is 30.2 Å². The molecule has 3 fully saturated rings. The van der Waals surface area contributed by atoms with Crippen LogP contribution >= 0.6 is 0 Å². The zero-order valence-electron chi connectivity index (χ0n) is 19.2. The molecule has 1 aromatic heterocycles. The number of para-hydroxylation sites is 2. The molecule has 32 heavy (non-hydrogen) atoms. The number of carboxylic acids is 1. The van der Waals surface area contributed by atoms with Gasteiger partial charge in [-0.1, -0.05) is 38.3 Å². The fourth-order valence-electron chi connectivity index (χ4n) is 7.12. The molecular weight excluding hydrogens is 402 g/mol. The summed E-state index contributed by atoms with van der Waals surface area (Å²) in [5.74, 6) is 0.475. The van der Waals surface area contributed by atoms with E-state index in [1.807, 2.05) is 18.2 Å². The van der Waals surface area contributed by atoms with Gasteiger partial charge in [-0.25, -0.2) is 9.78 Å². The second-order valence-corrected chi connectivity index (χ2v) is 10.6. The van der Waals surface area contributed by atoms with Crippen LogP contribution in [0.2, 0.25) is 0 Å². The van der Waals surface area contributed by atoms with E-state index >= 15 is 0 Å². The zero-order valence-corrected chi connectivity index (χ0v) is 19.2. The fraction of sp³-hybridized carbons (Fsp3) is 0.654. The van der Waals surface area contributed by atoms with Crippen molar-refractivity contribution >= 4 is 17.0 Å². The molecule has 6 nitrogen and oxygen atoms in total. The lowest BCUT2D eigenvalue weighted by molar-refractivity contribution is -0.0184. The number of piperidine rings is 2. The van der Waals surface area contributed by atoms with E-state index in [2.05, 4.69) is 23.7 Å². The summed E-state index contributed by atoms with van der Waals surface area (Å²) < 4.78 is 1.76. The lowest BCUT2D eigenvalue weighted by Gasteiger charge is -2.52. The van der Waals surface area contributed by atoms with Gasteiger partial charge in [0, 0.05) is 24.2 Å². The van der Waals surface area contributed by atoms with E-state index in [0.29, 0.717) is 23.6 Å². The van der Waals surface area contributed by atoms with Crippen molar-refractivity contribution in [1.29, 1.82) is 0 Å². The smallest absolute Gasteiger partial charge is 0.360 e. The molecule has 1 saturated carbocycles. The number of carboxylic acid groups (broad SMARTS) is 1. The van der Waals surface area contributed by atoms with Gasteiger partial charge in [-0.05, 0) is 69.4 Å². The molecule has 6 heteroatoms. The van der Waals surface area contributed by atoms with Gasteiger partial charge in [0.25, 0.3) is 5.56 Å². The van der Waals surface area contributed by atoms with Crippen molar-refractivity contribution in [2.45, 2.75) is 95.8 Å². The van der Waals surface area contributed by atoms with Crippen molar-refractivity contribution < 1.29 is 9.90 Å². The average Bonchev–Trinajstić information content (AvgIpc) is 3.16. The van der Waals surface area contributed by atoms with Crippen molar-refractivity contribution in [3.63, 3.8) is 0 Å². The predicted molar refractivity (Wildman–Crippen MR) is 125 cm³/mol. The van der Waals surface area contributed by atoms with Gasteiger partial charge < -0.3 is 9.67 Å². The van der Waals surface area contributed by atoms with Crippen LogP contribution in [0, 0.1) is 11.8 Å². The van der Waals surface area contributed by atoms with Crippen LogP contribution in [0.25, 0.3) is 11.0 Å². The Balaban J connectivity index is 1.44. The van der Waals surface area contributed by atoms with E-state index in [4.69, 9.17) is 0 Å². The Morgan fingerprint density at radius 1 is 1.09 bits per heavy atom. The summed E-state index contributed by atoms with van der Waals surface area (Å²) in [6, 6.07) is 8.99. The summed E-state index contributed by atoms with van der Waals surface area (Å²) in [4.78, 5) is 31.9. The minimum atomic E-state index is -1.24. The lowest BCUT2D eigenvalue weighted by atomic mass is 9.79.